The summed E-state index contributed by atoms with van der Waals surface area (Å²) in [7, 11) is 1.88. The molecule has 3 heterocycles. The van der Waals surface area contributed by atoms with E-state index in [9.17, 15) is 0 Å². The number of guanidine groups is 1. The summed E-state index contributed by atoms with van der Waals surface area (Å²) in [6.45, 7) is 10.4. The number of likely N-dealkylation sites (tertiary alicyclic amines) is 2. The standard InChI is InChI=1S/C21H37N5S/c1-3-25-14-9-18(10-15-25)8-11-23-21(22-2)24-17-19(20-7-6-16-27-20)26-12-4-5-13-26/h6-7,16,18-19H,3-5,8-15,17H2,1-2H3,(H2,22,23,24). The van der Waals surface area contributed by atoms with Gasteiger partial charge in [0.05, 0.1) is 6.04 Å². The summed E-state index contributed by atoms with van der Waals surface area (Å²) in [5, 5.41) is 9.32. The van der Waals surface area contributed by atoms with Crippen molar-refractivity contribution in [2.75, 3.05) is 52.9 Å². The highest BCUT2D eigenvalue weighted by Gasteiger charge is 2.24. The van der Waals surface area contributed by atoms with E-state index in [1.165, 1.54) is 69.7 Å². The Kier molecular flexibility index (Phi) is 8.42. The van der Waals surface area contributed by atoms with Crippen LogP contribution in [0.25, 0.3) is 0 Å². The van der Waals surface area contributed by atoms with E-state index >= 15 is 0 Å². The van der Waals surface area contributed by atoms with Crippen LogP contribution in [0.1, 0.15) is 49.9 Å². The number of hydrogen-bond donors (Lipinski definition) is 2. The van der Waals surface area contributed by atoms with E-state index in [0.29, 0.717) is 6.04 Å². The van der Waals surface area contributed by atoms with Gasteiger partial charge in [-0.3, -0.25) is 9.89 Å². The largest absolute Gasteiger partial charge is 0.356 e. The lowest BCUT2D eigenvalue weighted by Crippen LogP contribution is -2.43. The summed E-state index contributed by atoms with van der Waals surface area (Å²) < 4.78 is 0. The molecule has 0 saturated carbocycles. The van der Waals surface area contributed by atoms with Crippen molar-refractivity contribution < 1.29 is 0 Å². The summed E-state index contributed by atoms with van der Waals surface area (Å²) in [6, 6.07) is 4.90. The van der Waals surface area contributed by atoms with Gasteiger partial charge in [-0.25, -0.2) is 0 Å². The molecule has 6 heteroatoms. The van der Waals surface area contributed by atoms with E-state index in [0.717, 1.165) is 25.0 Å². The Bertz CT molecular complexity index is 545. The Balaban J connectivity index is 1.41. The predicted octanol–water partition coefficient (Wildman–Crippen LogP) is 3.17. The number of piperidine rings is 1. The highest BCUT2D eigenvalue weighted by Crippen LogP contribution is 2.27. The topological polar surface area (TPSA) is 42.9 Å². The van der Waals surface area contributed by atoms with Crippen molar-refractivity contribution in [2.24, 2.45) is 10.9 Å². The summed E-state index contributed by atoms with van der Waals surface area (Å²) in [4.78, 5) is 11.1. The van der Waals surface area contributed by atoms with Crippen LogP contribution in [-0.4, -0.2) is 68.6 Å². The molecule has 0 amide bonds. The summed E-state index contributed by atoms with van der Waals surface area (Å²) in [5.74, 6) is 1.81. The first kappa shape index (κ1) is 20.6. The van der Waals surface area contributed by atoms with Crippen molar-refractivity contribution in [1.29, 1.82) is 0 Å². The summed E-state index contributed by atoms with van der Waals surface area (Å²) in [6.07, 6.45) is 6.59. The van der Waals surface area contributed by atoms with Gasteiger partial charge in [-0.2, -0.15) is 0 Å². The van der Waals surface area contributed by atoms with Crippen LogP contribution in [0.4, 0.5) is 0 Å². The lowest BCUT2D eigenvalue weighted by molar-refractivity contribution is 0.187. The van der Waals surface area contributed by atoms with Crippen LogP contribution in [0.3, 0.4) is 0 Å². The molecule has 5 nitrogen and oxygen atoms in total. The third-order valence-corrected chi connectivity index (χ3v) is 7.11. The first-order valence-electron chi connectivity index (χ1n) is 10.7. The molecule has 2 aliphatic heterocycles. The molecule has 1 aromatic rings. The zero-order valence-electron chi connectivity index (χ0n) is 17.1. The average molecular weight is 392 g/mol. The van der Waals surface area contributed by atoms with Gasteiger partial charge in [0.15, 0.2) is 5.96 Å². The highest BCUT2D eigenvalue weighted by molar-refractivity contribution is 7.10. The van der Waals surface area contributed by atoms with Crippen LogP contribution in [0.2, 0.25) is 0 Å². The molecule has 0 aliphatic carbocycles. The van der Waals surface area contributed by atoms with Crippen LogP contribution >= 0.6 is 11.3 Å². The second-order valence-corrected chi connectivity index (χ2v) is 8.80. The zero-order chi connectivity index (χ0) is 18.9. The summed E-state index contributed by atoms with van der Waals surface area (Å²) >= 11 is 1.87. The molecule has 3 rings (SSSR count). The third kappa shape index (κ3) is 6.19. The number of nitrogens with zero attached hydrogens (tertiary/aromatic N) is 3. The number of thiophene rings is 1. The van der Waals surface area contributed by atoms with E-state index in [-0.39, 0.29) is 0 Å². The van der Waals surface area contributed by atoms with Crippen LogP contribution in [0.15, 0.2) is 22.5 Å². The van der Waals surface area contributed by atoms with Gasteiger partial charge in [-0.05, 0) is 82.2 Å². The predicted molar refractivity (Wildman–Crippen MR) is 117 cm³/mol. The first-order chi connectivity index (χ1) is 13.3. The van der Waals surface area contributed by atoms with Gasteiger partial charge < -0.3 is 15.5 Å². The second-order valence-electron chi connectivity index (χ2n) is 7.82. The number of hydrogen-bond acceptors (Lipinski definition) is 4. The Hall–Kier alpha value is -1.11. The van der Waals surface area contributed by atoms with E-state index in [1.54, 1.807) is 0 Å². The molecule has 152 valence electrons. The molecule has 2 N–H and O–H groups in total. The Morgan fingerprint density at radius 3 is 2.63 bits per heavy atom. The normalized spacial score (nSPS) is 21.5. The maximum Gasteiger partial charge on any atom is 0.191 e. The monoisotopic (exact) mass is 391 g/mol. The van der Waals surface area contributed by atoms with Crippen molar-refractivity contribution in [3.63, 3.8) is 0 Å². The maximum atomic E-state index is 4.45. The van der Waals surface area contributed by atoms with Crippen LogP contribution in [0.5, 0.6) is 0 Å². The third-order valence-electron chi connectivity index (χ3n) is 6.14. The quantitative estimate of drug-likeness (QED) is 0.528. The molecule has 2 aliphatic rings. The number of nitrogens with one attached hydrogen (secondary N) is 2. The maximum absolute atomic E-state index is 4.45. The van der Waals surface area contributed by atoms with E-state index in [4.69, 9.17) is 0 Å². The van der Waals surface area contributed by atoms with Gasteiger partial charge in [0, 0.05) is 25.0 Å². The minimum absolute atomic E-state index is 0.462. The molecule has 0 bridgehead atoms. The van der Waals surface area contributed by atoms with Gasteiger partial charge in [0.25, 0.3) is 0 Å². The fraction of sp³-hybridized carbons (Fsp3) is 0.762. The molecule has 0 spiro atoms. The molecule has 0 aromatic carbocycles. The van der Waals surface area contributed by atoms with E-state index in [2.05, 4.69) is 49.9 Å². The molecular weight excluding hydrogens is 354 g/mol. The fourth-order valence-corrected chi connectivity index (χ4v) is 5.20. The smallest absolute Gasteiger partial charge is 0.191 e. The van der Waals surface area contributed by atoms with Crippen molar-refractivity contribution >= 4 is 17.3 Å². The molecule has 0 radical (unpaired) electrons. The highest BCUT2D eigenvalue weighted by atomic mass is 32.1. The minimum atomic E-state index is 0.462. The molecule has 1 unspecified atom stereocenters. The average Bonchev–Trinajstić information content (AvgIpc) is 3.42. The van der Waals surface area contributed by atoms with Gasteiger partial charge in [-0.15, -0.1) is 11.3 Å². The van der Waals surface area contributed by atoms with Gasteiger partial charge in [-0.1, -0.05) is 13.0 Å². The van der Waals surface area contributed by atoms with E-state index < -0.39 is 0 Å². The second kappa shape index (κ2) is 11.0. The SMILES string of the molecule is CCN1CCC(CCNC(=NC)NCC(c2cccs2)N2CCCC2)CC1. The van der Waals surface area contributed by atoms with Crippen LogP contribution < -0.4 is 10.6 Å². The Morgan fingerprint density at radius 2 is 2.00 bits per heavy atom. The zero-order valence-corrected chi connectivity index (χ0v) is 17.9. The lowest BCUT2D eigenvalue weighted by Gasteiger charge is -2.31. The molecular formula is C21H37N5S. The molecule has 1 aromatic heterocycles. The van der Waals surface area contributed by atoms with Crippen molar-refractivity contribution in [3.8, 4) is 0 Å². The van der Waals surface area contributed by atoms with Crippen molar-refractivity contribution in [3.05, 3.63) is 22.4 Å². The number of rotatable bonds is 8. The van der Waals surface area contributed by atoms with Gasteiger partial charge in [0.1, 0.15) is 0 Å². The van der Waals surface area contributed by atoms with Crippen molar-refractivity contribution in [1.82, 2.24) is 20.4 Å². The molecule has 1 atom stereocenters. The fourth-order valence-electron chi connectivity index (χ4n) is 4.34. The Labute approximate surface area is 169 Å². The van der Waals surface area contributed by atoms with Gasteiger partial charge in [0.2, 0.25) is 0 Å². The number of aliphatic imine (C=N–C) groups is 1. The van der Waals surface area contributed by atoms with E-state index in [1.807, 2.05) is 18.4 Å². The molecule has 27 heavy (non-hydrogen) atoms. The van der Waals surface area contributed by atoms with Crippen LogP contribution in [-0.2, 0) is 0 Å². The minimum Gasteiger partial charge on any atom is -0.356 e. The van der Waals surface area contributed by atoms with Crippen LogP contribution in [0, 0.1) is 5.92 Å². The Morgan fingerprint density at radius 1 is 1.22 bits per heavy atom. The van der Waals surface area contributed by atoms with Crippen molar-refractivity contribution in [2.45, 2.75) is 45.1 Å². The van der Waals surface area contributed by atoms with Gasteiger partial charge >= 0.3 is 0 Å². The lowest BCUT2D eigenvalue weighted by atomic mass is 9.93. The molecule has 2 saturated heterocycles. The first-order valence-corrected chi connectivity index (χ1v) is 11.6. The summed E-state index contributed by atoms with van der Waals surface area (Å²) in [5.41, 5.74) is 0. The molecule has 2 fully saturated rings.